The molecule has 0 unspecified atom stereocenters. The Balaban J connectivity index is 2.04. The van der Waals surface area contributed by atoms with Crippen LogP contribution >= 0.6 is 11.6 Å². The van der Waals surface area contributed by atoms with Crippen molar-refractivity contribution in [3.63, 3.8) is 0 Å². The number of aromatic nitrogens is 1. The molecule has 1 aromatic carbocycles. The number of carbonyl (C=O) groups is 1. The Hall–Kier alpha value is -1.94. The molecular formula is C14H12ClFN2O. The molecule has 3 nitrogen and oxygen atoms in total. The number of hydrogen-bond acceptors (Lipinski definition) is 2. The first-order chi connectivity index (χ1) is 9.08. The molecule has 5 heteroatoms. The molecule has 2 aromatic rings. The van der Waals surface area contributed by atoms with E-state index in [4.69, 9.17) is 11.6 Å². The fraction of sp³-hybridized carbons (Fsp3) is 0.143. The SMILES string of the molecule is Cc1cc(CNC(=O)c2ccncc2Cl)ccc1F. The summed E-state index contributed by atoms with van der Waals surface area (Å²) in [4.78, 5) is 15.7. The van der Waals surface area contributed by atoms with Gasteiger partial charge in [-0.3, -0.25) is 9.78 Å². The predicted molar refractivity (Wildman–Crippen MR) is 71.6 cm³/mol. The largest absolute Gasteiger partial charge is 0.348 e. The van der Waals surface area contributed by atoms with Crippen LogP contribution in [0.3, 0.4) is 0 Å². The van der Waals surface area contributed by atoms with Crippen LogP contribution < -0.4 is 5.32 Å². The van der Waals surface area contributed by atoms with Crippen molar-refractivity contribution >= 4 is 17.5 Å². The van der Waals surface area contributed by atoms with E-state index >= 15 is 0 Å². The van der Waals surface area contributed by atoms with Crippen LogP contribution in [0.15, 0.2) is 36.7 Å². The molecule has 0 radical (unpaired) electrons. The minimum absolute atomic E-state index is 0.257. The van der Waals surface area contributed by atoms with Gasteiger partial charge in [0.2, 0.25) is 0 Å². The first-order valence-corrected chi connectivity index (χ1v) is 6.08. The second-order valence-corrected chi connectivity index (χ2v) is 4.53. The summed E-state index contributed by atoms with van der Waals surface area (Å²) >= 11 is 5.87. The van der Waals surface area contributed by atoms with Crippen LogP contribution in [-0.4, -0.2) is 10.9 Å². The highest BCUT2D eigenvalue weighted by Gasteiger charge is 2.09. The molecule has 19 heavy (non-hydrogen) atoms. The molecule has 2 rings (SSSR count). The zero-order valence-corrected chi connectivity index (χ0v) is 11.0. The number of nitrogens with one attached hydrogen (secondary N) is 1. The van der Waals surface area contributed by atoms with Crippen molar-refractivity contribution in [1.82, 2.24) is 10.3 Å². The number of nitrogens with zero attached hydrogens (tertiary/aromatic N) is 1. The zero-order valence-electron chi connectivity index (χ0n) is 10.3. The average molecular weight is 279 g/mol. The number of hydrogen-bond donors (Lipinski definition) is 1. The van der Waals surface area contributed by atoms with Crippen molar-refractivity contribution in [2.45, 2.75) is 13.5 Å². The van der Waals surface area contributed by atoms with E-state index in [2.05, 4.69) is 10.3 Å². The smallest absolute Gasteiger partial charge is 0.253 e. The molecule has 0 saturated heterocycles. The minimum atomic E-state index is -0.283. The number of halogens is 2. The molecule has 1 heterocycles. The van der Waals surface area contributed by atoms with Crippen LogP contribution in [-0.2, 0) is 6.54 Å². The lowest BCUT2D eigenvalue weighted by Gasteiger charge is -2.07. The zero-order chi connectivity index (χ0) is 13.8. The quantitative estimate of drug-likeness (QED) is 0.937. The van der Waals surface area contributed by atoms with E-state index in [1.165, 1.54) is 18.5 Å². The molecular weight excluding hydrogens is 267 g/mol. The lowest BCUT2D eigenvalue weighted by atomic mass is 10.1. The maximum absolute atomic E-state index is 13.1. The number of carbonyl (C=O) groups excluding carboxylic acids is 1. The molecule has 1 amide bonds. The van der Waals surface area contributed by atoms with Gasteiger partial charge in [0.25, 0.3) is 5.91 Å². The highest BCUT2D eigenvalue weighted by molar-refractivity contribution is 6.33. The number of benzene rings is 1. The van der Waals surface area contributed by atoms with Crippen LogP contribution in [0.4, 0.5) is 4.39 Å². The molecule has 0 saturated carbocycles. The van der Waals surface area contributed by atoms with Gasteiger partial charge in [-0.2, -0.15) is 0 Å². The van der Waals surface area contributed by atoms with Gasteiger partial charge in [0.15, 0.2) is 0 Å². The summed E-state index contributed by atoms with van der Waals surface area (Å²) in [6.45, 7) is 2.00. The lowest BCUT2D eigenvalue weighted by molar-refractivity contribution is 0.0951. The third-order valence-corrected chi connectivity index (χ3v) is 2.99. The fourth-order valence-corrected chi connectivity index (χ4v) is 1.86. The second kappa shape index (κ2) is 5.80. The minimum Gasteiger partial charge on any atom is -0.348 e. The Labute approximate surface area is 115 Å². The third-order valence-electron chi connectivity index (χ3n) is 2.69. The van der Waals surface area contributed by atoms with E-state index in [9.17, 15) is 9.18 Å². The maximum Gasteiger partial charge on any atom is 0.253 e. The van der Waals surface area contributed by atoms with E-state index < -0.39 is 0 Å². The van der Waals surface area contributed by atoms with Crippen LogP contribution in [0.2, 0.25) is 5.02 Å². The molecule has 0 atom stereocenters. The summed E-state index contributed by atoms with van der Waals surface area (Å²) in [5.74, 6) is -0.540. The van der Waals surface area contributed by atoms with Crippen molar-refractivity contribution in [3.05, 3.63) is 64.2 Å². The maximum atomic E-state index is 13.1. The number of amides is 1. The number of aryl methyl sites for hydroxylation is 1. The van der Waals surface area contributed by atoms with Gasteiger partial charge in [-0.25, -0.2) is 4.39 Å². The van der Waals surface area contributed by atoms with E-state index in [-0.39, 0.29) is 11.7 Å². The van der Waals surface area contributed by atoms with Gasteiger partial charge in [0, 0.05) is 18.9 Å². The van der Waals surface area contributed by atoms with E-state index in [1.807, 2.05) is 0 Å². The molecule has 0 spiro atoms. The Morgan fingerprint density at radius 3 is 2.89 bits per heavy atom. The molecule has 1 aromatic heterocycles. The Kier molecular flexibility index (Phi) is 4.12. The van der Waals surface area contributed by atoms with Crippen LogP contribution in [0.25, 0.3) is 0 Å². The van der Waals surface area contributed by atoms with Crippen LogP contribution in [0.1, 0.15) is 21.5 Å². The van der Waals surface area contributed by atoms with Crippen LogP contribution in [0.5, 0.6) is 0 Å². The molecule has 0 aliphatic carbocycles. The summed E-state index contributed by atoms with van der Waals surface area (Å²) in [5.41, 5.74) is 1.75. The molecule has 0 fully saturated rings. The average Bonchev–Trinajstić information content (AvgIpc) is 2.40. The molecule has 1 N–H and O–H groups in total. The molecule has 0 aliphatic rings. The first-order valence-electron chi connectivity index (χ1n) is 5.70. The highest BCUT2D eigenvalue weighted by Crippen LogP contribution is 2.13. The highest BCUT2D eigenvalue weighted by atomic mass is 35.5. The van der Waals surface area contributed by atoms with Crippen molar-refractivity contribution in [1.29, 1.82) is 0 Å². The Bertz CT molecular complexity index is 616. The second-order valence-electron chi connectivity index (χ2n) is 4.12. The van der Waals surface area contributed by atoms with Gasteiger partial charge in [-0.15, -0.1) is 0 Å². The third kappa shape index (κ3) is 3.29. The summed E-state index contributed by atoms with van der Waals surface area (Å²) in [6, 6.07) is 6.27. The lowest BCUT2D eigenvalue weighted by Crippen LogP contribution is -2.23. The van der Waals surface area contributed by atoms with E-state index in [0.29, 0.717) is 22.7 Å². The van der Waals surface area contributed by atoms with Gasteiger partial charge in [0.1, 0.15) is 5.82 Å². The standard InChI is InChI=1S/C14H12ClFN2O/c1-9-6-10(2-3-13(9)16)7-18-14(19)11-4-5-17-8-12(11)15/h2-6,8H,7H2,1H3,(H,18,19). The van der Waals surface area contributed by atoms with Crippen molar-refractivity contribution in [2.75, 3.05) is 0 Å². The van der Waals surface area contributed by atoms with Gasteiger partial charge in [-0.05, 0) is 30.2 Å². The first kappa shape index (κ1) is 13.5. The van der Waals surface area contributed by atoms with Crippen LogP contribution in [0, 0.1) is 12.7 Å². The van der Waals surface area contributed by atoms with Gasteiger partial charge in [-0.1, -0.05) is 23.7 Å². The normalized spacial score (nSPS) is 10.3. The summed E-state index contributed by atoms with van der Waals surface area (Å²) in [5, 5.41) is 3.03. The summed E-state index contributed by atoms with van der Waals surface area (Å²) in [6.07, 6.45) is 2.92. The van der Waals surface area contributed by atoms with Gasteiger partial charge < -0.3 is 5.32 Å². The summed E-state index contributed by atoms with van der Waals surface area (Å²) < 4.78 is 13.1. The Morgan fingerprint density at radius 1 is 1.42 bits per heavy atom. The predicted octanol–water partition coefficient (Wildman–Crippen LogP) is 3.11. The summed E-state index contributed by atoms with van der Waals surface area (Å²) in [7, 11) is 0. The van der Waals surface area contributed by atoms with Crippen molar-refractivity contribution < 1.29 is 9.18 Å². The fourth-order valence-electron chi connectivity index (χ4n) is 1.65. The van der Waals surface area contributed by atoms with Crippen molar-refractivity contribution in [3.8, 4) is 0 Å². The topological polar surface area (TPSA) is 42.0 Å². The monoisotopic (exact) mass is 278 g/mol. The van der Waals surface area contributed by atoms with E-state index in [1.54, 1.807) is 25.1 Å². The number of pyridine rings is 1. The van der Waals surface area contributed by atoms with E-state index in [0.717, 1.165) is 5.56 Å². The molecule has 98 valence electrons. The number of rotatable bonds is 3. The van der Waals surface area contributed by atoms with Gasteiger partial charge in [0.05, 0.1) is 10.6 Å². The van der Waals surface area contributed by atoms with Gasteiger partial charge >= 0.3 is 0 Å². The Morgan fingerprint density at radius 2 is 2.21 bits per heavy atom. The molecule has 0 aliphatic heterocycles. The molecule has 0 bridgehead atoms. The van der Waals surface area contributed by atoms with Crippen molar-refractivity contribution in [2.24, 2.45) is 0 Å².